The molecule has 2 aromatic carbocycles. The standard InChI is InChI=1S/C24H26ClN5O3/c1-15(23(31)29(2)3)33-20-8-6-7-19-21(20)22(27-14-26-19)28-16-9-10-17(18(25)13-16)24(32)30-11-4-5-12-30/h6-10,13-15H,4-5,11-12H2,1-3H3,(H,26,27,28)/t15-/m1/s1. The highest BCUT2D eigenvalue weighted by molar-refractivity contribution is 6.34. The molecule has 1 N–H and O–H groups in total. The van der Waals surface area contributed by atoms with Gasteiger partial charge in [-0.1, -0.05) is 17.7 Å². The summed E-state index contributed by atoms with van der Waals surface area (Å²) >= 11 is 6.46. The Bertz CT molecular complexity index is 1190. The van der Waals surface area contributed by atoms with Crippen LogP contribution in [0.15, 0.2) is 42.7 Å². The molecule has 0 saturated carbocycles. The molecule has 1 saturated heterocycles. The summed E-state index contributed by atoms with van der Waals surface area (Å²) in [5, 5.41) is 4.27. The molecular weight excluding hydrogens is 442 g/mol. The first-order valence-electron chi connectivity index (χ1n) is 10.8. The van der Waals surface area contributed by atoms with Gasteiger partial charge in [-0.2, -0.15) is 0 Å². The lowest BCUT2D eigenvalue weighted by Crippen LogP contribution is -2.35. The molecule has 33 heavy (non-hydrogen) atoms. The number of carbonyl (C=O) groups excluding carboxylic acids is 2. The second-order valence-corrected chi connectivity index (χ2v) is 8.59. The quantitative estimate of drug-likeness (QED) is 0.586. The summed E-state index contributed by atoms with van der Waals surface area (Å²) in [6.07, 6.45) is 2.82. The molecule has 0 aliphatic carbocycles. The van der Waals surface area contributed by atoms with Gasteiger partial charge in [0.25, 0.3) is 11.8 Å². The number of likely N-dealkylation sites (tertiary alicyclic amines) is 1. The molecule has 0 radical (unpaired) electrons. The lowest BCUT2D eigenvalue weighted by atomic mass is 10.1. The van der Waals surface area contributed by atoms with Gasteiger partial charge in [-0.25, -0.2) is 9.97 Å². The third kappa shape index (κ3) is 4.85. The molecule has 2 heterocycles. The van der Waals surface area contributed by atoms with Crippen LogP contribution in [0.3, 0.4) is 0 Å². The van der Waals surface area contributed by atoms with Crippen molar-refractivity contribution in [3.8, 4) is 5.75 Å². The topological polar surface area (TPSA) is 87.7 Å². The second kappa shape index (κ2) is 9.62. The fourth-order valence-corrected chi connectivity index (χ4v) is 4.13. The highest BCUT2D eigenvalue weighted by Crippen LogP contribution is 2.33. The van der Waals surface area contributed by atoms with Gasteiger partial charge in [-0.05, 0) is 50.1 Å². The Kier molecular flexibility index (Phi) is 6.65. The lowest BCUT2D eigenvalue weighted by Gasteiger charge is -2.20. The molecular formula is C24H26ClN5O3. The van der Waals surface area contributed by atoms with E-state index < -0.39 is 6.10 Å². The number of carbonyl (C=O) groups is 2. The van der Waals surface area contributed by atoms with Crippen LogP contribution in [-0.4, -0.2) is 64.9 Å². The van der Waals surface area contributed by atoms with Crippen molar-refractivity contribution in [3.05, 3.63) is 53.3 Å². The number of nitrogens with zero attached hydrogens (tertiary/aromatic N) is 4. The van der Waals surface area contributed by atoms with Gasteiger partial charge in [0.15, 0.2) is 6.10 Å². The maximum Gasteiger partial charge on any atom is 0.262 e. The number of aromatic nitrogens is 2. The van der Waals surface area contributed by atoms with E-state index in [9.17, 15) is 9.59 Å². The molecule has 9 heteroatoms. The van der Waals surface area contributed by atoms with Crippen LogP contribution in [0.5, 0.6) is 5.75 Å². The average Bonchev–Trinajstić information content (AvgIpc) is 3.33. The summed E-state index contributed by atoms with van der Waals surface area (Å²) in [7, 11) is 3.37. The first-order chi connectivity index (χ1) is 15.8. The fourth-order valence-electron chi connectivity index (χ4n) is 3.87. The summed E-state index contributed by atoms with van der Waals surface area (Å²) in [5.41, 5.74) is 1.82. The Morgan fingerprint density at radius 2 is 1.91 bits per heavy atom. The van der Waals surface area contributed by atoms with Crippen molar-refractivity contribution in [1.29, 1.82) is 0 Å². The summed E-state index contributed by atoms with van der Waals surface area (Å²) < 4.78 is 5.97. The largest absolute Gasteiger partial charge is 0.480 e. The minimum absolute atomic E-state index is 0.0493. The molecule has 1 atom stereocenters. The van der Waals surface area contributed by atoms with Gasteiger partial charge in [0.05, 0.1) is 21.5 Å². The van der Waals surface area contributed by atoms with Gasteiger partial charge >= 0.3 is 0 Å². The molecule has 1 aromatic heterocycles. The number of anilines is 2. The third-order valence-corrected chi connectivity index (χ3v) is 5.89. The van der Waals surface area contributed by atoms with E-state index in [-0.39, 0.29) is 11.8 Å². The minimum atomic E-state index is -0.677. The van der Waals surface area contributed by atoms with E-state index in [0.29, 0.717) is 38.7 Å². The van der Waals surface area contributed by atoms with E-state index in [2.05, 4.69) is 15.3 Å². The molecule has 172 valence electrons. The van der Waals surface area contributed by atoms with Crippen LogP contribution in [0.4, 0.5) is 11.5 Å². The van der Waals surface area contributed by atoms with Crippen LogP contribution in [0.1, 0.15) is 30.1 Å². The Labute approximate surface area is 197 Å². The molecule has 1 aliphatic heterocycles. The smallest absolute Gasteiger partial charge is 0.262 e. The average molecular weight is 468 g/mol. The number of likely N-dealkylation sites (N-methyl/N-ethyl adjacent to an activating group) is 1. The van der Waals surface area contributed by atoms with Crippen LogP contribution in [-0.2, 0) is 4.79 Å². The van der Waals surface area contributed by atoms with Crippen molar-refractivity contribution in [2.24, 2.45) is 0 Å². The van der Waals surface area contributed by atoms with Gasteiger partial charge in [0.1, 0.15) is 17.9 Å². The van der Waals surface area contributed by atoms with E-state index in [1.54, 1.807) is 45.3 Å². The summed E-state index contributed by atoms with van der Waals surface area (Å²) in [6.45, 7) is 3.23. The maximum absolute atomic E-state index is 12.7. The normalized spacial score (nSPS) is 14.2. The molecule has 0 spiro atoms. The number of rotatable bonds is 6. The van der Waals surface area contributed by atoms with Crippen molar-refractivity contribution in [2.75, 3.05) is 32.5 Å². The SMILES string of the molecule is C[C@@H](Oc1cccc2ncnc(Nc3ccc(C(=O)N4CCCC4)c(Cl)c3)c12)C(=O)N(C)C. The lowest BCUT2D eigenvalue weighted by molar-refractivity contribution is -0.135. The number of ether oxygens (including phenoxy) is 1. The first-order valence-corrected chi connectivity index (χ1v) is 11.2. The monoisotopic (exact) mass is 467 g/mol. The van der Waals surface area contributed by atoms with Crippen molar-refractivity contribution in [1.82, 2.24) is 19.8 Å². The first kappa shape index (κ1) is 22.8. The zero-order valence-electron chi connectivity index (χ0n) is 18.8. The highest BCUT2D eigenvalue weighted by Gasteiger charge is 2.22. The minimum Gasteiger partial charge on any atom is -0.480 e. The summed E-state index contributed by atoms with van der Waals surface area (Å²) in [5.74, 6) is 0.801. The number of fused-ring (bicyclic) bond motifs is 1. The number of benzene rings is 2. The molecule has 4 rings (SSSR count). The van der Waals surface area contributed by atoms with Gasteiger partial charge in [0, 0.05) is 32.9 Å². The molecule has 2 amide bonds. The Morgan fingerprint density at radius 1 is 1.15 bits per heavy atom. The number of halogens is 1. The zero-order chi connectivity index (χ0) is 23.5. The summed E-state index contributed by atoms with van der Waals surface area (Å²) in [6, 6.07) is 10.7. The van der Waals surface area contributed by atoms with Crippen LogP contribution in [0.25, 0.3) is 10.9 Å². The number of nitrogens with one attached hydrogen (secondary N) is 1. The van der Waals surface area contributed by atoms with Gasteiger partial charge in [-0.15, -0.1) is 0 Å². The van der Waals surface area contributed by atoms with Crippen molar-refractivity contribution in [3.63, 3.8) is 0 Å². The van der Waals surface area contributed by atoms with E-state index in [0.717, 1.165) is 25.9 Å². The van der Waals surface area contributed by atoms with Crippen molar-refractivity contribution < 1.29 is 14.3 Å². The predicted octanol–water partition coefficient (Wildman–Crippen LogP) is 4.12. The molecule has 3 aromatic rings. The number of hydrogen-bond donors (Lipinski definition) is 1. The molecule has 1 fully saturated rings. The molecule has 1 aliphatic rings. The van der Waals surface area contributed by atoms with Crippen LogP contribution >= 0.6 is 11.6 Å². The summed E-state index contributed by atoms with van der Waals surface area (Å²) in [4.78, 5) is 37.0. The number of amides is 2. The fraction of sp³-hybridized carbons (Fsp3) is 0.333. The van der Waals surface area contributed by atoms with Crippen LogP contribution in [0, 0.1) is 0 Å². The highest BCUT2D eigenvalue weighted by atomic mass is 35.5. The van der Waals surface area contributed by atoms with Gasteiger partial charge in [0.2, 0.25) is 0 Å². The van der Waals surface area contributed by atoms with E-state index in [1.807, 2.05) is 17.0 Å². The second-order valence-electron chi connectivity index (χ2n) is 8.18. The van der Waals surface area contributed by atoms with Gasteiger partial charge < -0.3 is 19.9 Å². The van der Waals surface area contributed by atoms with Crippen molar-refractivity contribution in [2.45, 2.75) is 25.9 Å². The Balaban J connectivity index is 1.63. The van der Waals surface area contributed by atoms with E-state index in [1.165, 1.54) is 11.2 Å². The Morgan fingerprint density at radius 3 is 2.61 bits per heavy atom. The molecule has 0 bridgehead atoms. The molecule has 0 unspecified atom stereocenters. The van der Waals surface area contributed by atoms with Crippen LogP contribution < -0.4 is 10.1 Å². The van der Waals surface area contributed by atoms with E-state index >= 15 is 0 Å². The van der Waals surface area contributed by atoms with Crippen molar-refractivity contribution >= 4 is 45.8 Å². The van der Waals surface area contributed by atoms with Crippen LogP contribution in [0.2, 0.25) is 5.02 Å². The number of hydrogen-bond acceptors (Lipinski definition) is 6. The van der Waals surface area contributed by atoms with E-state index in [4.69, 9.17) is 16.3 Å². The maximum atomic E-state index is 12.7. The predicted molar refractivity (Wildman–Crippen MR) is 128 cm³/mol. The third-order valence-electron chi connectivity index (χ3n) is 5.57. The zero-order valence-corrected chi connectivity index (χ0v) is 19.6. The Hall–Kier alpha value is -3.39. The molecule has 8 nitrogen and oxygen atoms in total. The van der Waals surface area contributed by atoms with Gasteiger partial charge in [-0.3, -0.25) is 9.59 Å².